The molecule has 0 fully saturated rings. The third-order valence-corrected chi connectivity index (χ3v) is 4.57. The molecule has 0 saturated heterocycles. The Morgan fingerprint density at radius 2 is 1.38 bits per heavy atom. The van der Waals surface area contributed by atoms with Crippen LogP contribution in [0, 0.1) is 0 Å². The number of hydrogen-bond acceptors (Lipinski definition) is 3. The van der Waals surface area contributed by atoms with Gasteiger partial charge >= 0.3 is 0 Å². The molecule has 148 valence electrons. The highest BCUT2D eigenvalue weighted by Gasteiger charge is 2.13. The molecular weight excluding hydrogens is 362 g/mol. The van der Waals surface area contributed by atoms with Crippen molar-refractivity contribution in [1.29, 1.82) is 0 Å². The van der Waals surface area contributed by atoms with Gasteiger partial charge in [0.1, 0.15) is 0 Å². The van der Waals surface area contributed by atoms with Crippen molar-refractivity contribution in [3.63, 3.8) is 0 Å². The SMILES string of the molecule is CN(CC(=O)Nc1ccc(C(=O)N(C)c2ccccc2)cc1)Cc1ccccc1. The van der Waals surface area contributed by atoms with E-state index in [2.05, 4.69) is 5.32 Å². The van der Waals surface area contributed by atoms with Crippen LogP contribution in [0.5, 0.6) is 0 Å². The minimum absolute atomic E-state index is 0.0936. The Kier molecular flexibility index (Phi) is 6.76. The molecule has 0 bridgehead atoms. The number of anilines is 2. The number of benzene rings is 3. The van der Waals surface area contributed by atoms with Gasteiger partial charge in [-0.05, 0) is 49.0 Å². The first-order valence-electron chi connectivity index (χ1n) is 9.48. The number of rotatable bonds is 7. The van der Waals surface area contributed by atoms with Gasteiger partial charge in [0, 0.05) is 30.5 Å². The molecule has 3 aromatic carbocycles. The van der Waals surface area contributed by atoms with Gasteiger partial charge in [0.25, 0.3) is 5.91 Å². The summed E-state index contributed by atoms with van der Waals surface area (Å²) >= 11 is 0. The first-order chi connectivity index (χ1) is 14.0. The first-order valence-corrected chi connectivity index (χ1v) is 9.48. The number of nitrogens with one attached hydrogen (secondary N) is 1. The number of likely N-dealkylation sites (N-methyl/N-ethyl adjacent to an activating group) is 1. The van der Waals surface area contributed by atoms with Gasteiger partial charge in [0.15, 0.2) is 0 Å². The van der Waals surface area contributed by atoms with E-state index in [4.69, 9.17) is 0 Å². The Labute approximate surface area is 171 Å². The fourth-order valence-electron chi connectivity index (χ4n) is 3.06. The molecular formula is C24H25N3O2. The van der Waals surface area contributed by atoms with Crippen molar-refractivity contribution in [2.45, 2.75) is 6.54 Å². The van der Waals surface area contributed by atoms with Gasteiger partial charge in [-0.2, -0.15) is 0 Å². The van der Waals surface area contributed by atoms with Crippen molar-refractivity contribution in [3.05, 3.63) is 96.1 Å². The van der Waals surface area contributed by atoms with Gasteiger partial charge in [0.05, 0.1) is 6.54 Å². The van der Waals surface area contributed by atoms with Crippen LogP contribution in [-0.4, -0.2) is 37.4 Å². The number of hydrogen-bond donors (Lipinski definition) is 1. The summed E-state index contributed by atoms with van der Waals surface area (Å²) in [6.45, 7) is 0.986. The molecule has 3 rings (SSSR count). The molecule has 2 amide bonds. The van der Waals surface area contributed by atoms with Crippen molar-refractivity contribution < 1.29 is 9.59 Å². The standard InChI is InChI=1S/C24H25N3O2/c1-26(17-19-9-5-3-6-10-19)18-23(28)25-21-15-13-20(14-16-21)24(29)27(2)22-11-7-4-8-12-22/h3-16H,17-18H2,1-2H3,(H,25,28). The smallest absolute Gasteiger partial charge is 0.258 e. The molecule has 0 spiro atoms. The minimum atomic E-state index is -0.100. The number of amides is 2. The van der Waals surface area contributed by atoms with Crippen molar-refractivity contribution >= 4 is 23.2 Å². The Morgan fingerprint density at radius 3 is 2.00 bits per heavy atom. The summed E-state index contributed by atoms with van der Waals surface area (Å²) in [5.41, 5.74) is 3.22. The monoisotopic (exact) mass is 387 g/mol. The molecule has 0 heterocycles. The highest BCUT2D eigenvalue weighted by molar-refractivity contribution is 6.06. The Morgan fingerprint density at radius 1 is 0.793 bits per heavy atom. The second-order valence-electron chi connectivity index (χ2n) is 6.98. The average Bonchev–Trinajstić information content (AvgIpc) is 2.74. The molecule has 29 heavy (non-hydrogen) atoms. The topological polar surface area (TPSA) is 52.7 Å². The number of carbonyl (C=O) groups is 2. The molecule has 1 N–H and O–H groups in total. The normalized spacial score (nSPS) is 10.6. The number of carbonyl (C=O) groups excluding carboxylic acids is 2. The van der Waals surface area contributed by atoms with Crippen molar-refractivity contribution in [2.24, 2.45) is 0 Å². The zero-order chi connectivity index (χ0) is 20.6. The highest BCUT2D eigenvalue weighted by atomic mass is 16.2. The number of nitrogens with zero attached hydrogens (tertiary/aromatic N) is 2. The largest absolute Gasteiger partial charge is 0.325 e. The van der Waals surface area contributed by atoms with E-state index >= 15 is 0 Å². The summed E-state index contributed by atoms with van der Waals surface area (Å²) in [6.07, 6.45) is 0. The maximum atomic E-state index is 12.6. The molecule has 0 aromatic heterocycles. The zero-order valence-electron chi connectivity index (χ0n) is 16.7. The molecule has 0 saturated carbocycles. The summed E-state index contributed by atoms with van der Waals surface area (Å²) in [5.74, 6) is -0.194. The van der Waals surface area contributed by atoms with E-state index in [1.54, 1.807) is 36.2 Å². The molecule has 0 radical (unpaired) electrons. The number of para-hydroxylation sites is 1. The van der Waals surface area contributed by atoms with E-state index < -0.39 is 0 Å². The fraction of sp³-hybridized carbons (Fsp3) is 0.167. The lowest BCUT2D eigenvalue weighted by molar-refractivity contribution is -0.117. The lowest BCUT2D eigenvalue weighted by Crippen LogP contribution is -2.30. The van der Waals surface area contributed by atoms with E-state index in [9.17, 15) is 9.59 Å². The summed E-state index contributed by atoms with van der Waals surface area (Å²) in [6, 6.07) is 26.5. The van der Waals surface area contributed by atoms with Gasteiger partial charge in [0.2, 0.25) is 5.91 Å². The van der Waals surface area contributed by atoms with Gasteiger partial charge in [-0.25, -0.2) is 0 Å². The Balaban J connectivity index is 1.54. The first kappa shape index (κ1) is 20.3. The lowest BCUT2D eigenvalue weighted by Gasteiger charge is -2.18. The van der Waals surface area contributed by atoms with E-state index in [0.717, 1.165) is 11.3 Å². The van der Waals surface area contributed by atoms with E-state index in [1.165, 1.54) is 0 Å². The van der Waals surface area contributed by atoms with Gasteiger partial charge in [-0.15, -0.1) is 0 Å². The van der Waals surface area contributed by atoms with E-state index in [-0.39, 0.29) is 18.4 Å². The second kappa shape index (κ2) is 9.66. The van der Waals surface area contributed by atoms with Gasteiger partial charge in [-0.3, -0.25) is 14.5 Å². The van der Waals surface area contributed by atoms with Crippen LogP contribution >= 0.6 is 0 Å². The second-order valence-corrected chi connectivity index (χ2v) is 6.98. The Hall–Kier alpha value is -3.44. The van der Waals surface area contributed by atoms with Crippen molar-refractivity contribution in [3.8, 4) is 0 Å². The Bertz CT molecular complexity index is 941. The summed E-state index contributed by atoms with van der Waals surface area (Å²) in [7, 11) is 3.66. The predicted molar refractivity (Wildman–Crippen MR) is 117 cm³/mol. The fourth-order valence-corrected chi connectivity index (χ4v) is 3.06. The molecule has 5 heteroatoms. The summed E-state index contributed by atoms with van der Waals surface area (Å²) in [5, 5.41) is 2.88. The van der Waals surface area contributed by atoms with Crippen LogP contribution in [0.4, 0.5) is 11.4 Å². The van der Waals surface area contributed by atoms with Crippen LogP contribution in [-0.2, 0) is 11.3 Å². The third-order valence-electron chi connectivity index (χ3n) is 4.57. The third kappa shape index (κ3) is 5.77. The summed E-state index contributed by atoms with van der Waals surface area (Å²) < 4.78 is 0. The maximum Gasteiger partial charge on any atom is 0.258 e. The highest BCUT2D eigenvalue weighted by Crippen LogP contribution is 2.16. The van der Waals surface area contributed by atoms with Crippen LogP contribution in [0.1, 0.15) is 15.9 Å². The molecule has 0 unspecified atom stereocenters. The zero-order valence-corrected chi connectivity index (χ0v) is 16.7. The van der Waals surface area contributed by atoms with Crippen LogP contribution in [0.25, 0.3) is 0 Å². The van der Waals surface area contributed by atoms with Crippen LogP contribution in [0.2, 0.25) is 0 Å². The molecule has 3 aromatic rings. The quantitative estimate of drug-likeness (QED) is 0.666. The van der Waals surface area contributed by atoms with Crippen LogP contribution < -0.4 is 10.2 Å². The van der Waals surface area contributed by atoms with Gasteiger partial charge in [-0.1, -0.05) is 48.5 Å². The van der Waals surface area contributed by atoms with Gasteiger partial charge < -0.3 is 10.2 Å². The molecule has 0 atom stereocenters. The maximum absolute atomic E-state index is 12.6. The van der Waals surface area contributed by atoms with E-state index in [1.807, 2.05) is 72.6 Å². The van der Waals surface area contributed by atoms with E-state index in [0.29, 0.717) is 17.8 Å². The molecule has 0 aliphatic carbocycles. The van der Waals surface area contributed by atoms with Crippen LogP contribution in [0.15, 0.2) is 84.9 Å². The molecule has 0 aliphatic heterocycles. The lowest BCUT2D eigenvalue weighted by atomic mass is 10.1. The van der Waals surface area contributed by atoms with Crippen LogP contribution in [0.3, 0.4) is 0 Å². The van der Waals surface area contributed by atoms with Crippen molar-refractivity contribution in [1.82, 2.24) is 4.90 Å². The molecule has 0 aliphatic rings. The van der Waals surface area contributed by atoms with Crippen molar-refractivity contribution in [2.75, 3.05) is 30.9 Å². The summed E-state index contributed by atoms with van der Waals surface area (Å²) in [4.78, 5) is 28.5. The predicted octanol–water partition coefficient (Wildman–Crippen LogP) is 4.03. The molecule has 5 nitrogen and oxygen atoms in total. The average molecular weight is 387 g/mol. The minimum Gasteiger partial charge on any atom is -0.325 e.